The van der Waals surface area contributed by atoms with E-state index in [9.17, 15) is 22.4 Å². The number of ether oxygens (including phenoxy) is 1. The highest BCUT2D eigenvalue weighted by atomic mass is 19.4. The Morgan fingerprint density at radius 1 is 1.09 bits per heavy atom. The van der Waals surface area contributed by atoms with Gasteiger partial charge in [0.2, 0.25) is 5.95 Å². The van der Waals surface area contributed by atoms with Gasteiger partial charge in [-0.3, -0.25) is 4.79 Å². The van der Waals surface area contributed by atoms with Crippen molar-refractivity contribution < 1.29 is 27.1 Å². The van der Waals surface area contributed by atoms with E-state index in [0.717, 1.165) is 12.2 Å². The van der Waals surface area contributed by atoms with Crippen LogP contribution in [0.2, 0.25) is 0 Å². The molecule has 9 nitrogen and oxygen atoms in total. The Balaban J connectivity index is 1.45. The summed E-state index contributed by atoms with van der Waals surface area (Å²) in [7, 11) is 1.49. The maximum absolute atomic E-state index is 14.0. The van der Waals surface area contributed by atoms with Gasteiger partial charge in [-0.1, -0.05) is 12.1 Å². The van der Waals surface area contributed by atoms with E-state index in [1.807, 2.05) is 35.6 Å². The van der Waals surface area contributed by atoms with Crippen molar-refractivity contribution in [3.8, 4) is 5.75 Å². The molecule has 0 saturated carbocycles. The topological polar surface area (TPSA) is 85.9 Å². The highest BCUT2D eigenvalue weighted by Gasteiger charge is 2.38. The van der Waals surface area contributed by atoms with Gasteiger partial charge < -0.3 is 30.1 Å². The summed E-state index contributed by atoms with van der Waals surface area (Å²) in [6.45, 7) is 5.86. The van der Waals surface area contributed by atoms with Crippen LogP contribution in [0.1, 0.15) is 48.3 Å². The van der Waals surface area contributed by atoms with Crippen LogP contribution in [-0.2, 0) is 6.18 Å². The molecule has 2 aromatic carbocycles. The van der Waals surface area contributed by atoms with Crippen LogP contribution < -0.4 is 20.3 Å². The zero-order valence-electron chi connectivity index (χ0n) is 24.7. The summed E-state index contributed by atoms with van der Waals surface area (Å²) in [6, 6.07) is 10.1. The molecule has 1 amide bonds. The SMILES string of the molecule is COc1cc(N2C=CCN(C(C)C)C=C2)ccc1Nc1ncc(C(F)(F)F)c(Nc2cccc3c2C(=O)N(CCF)C3C)n1. The normalized spacial score (nSPS) is 16.4. The average molecular weight is 612 g/mol. The quantitative estimate of drug-likeness (QED) is 0.251. The van der Waals surface area contributed by atoms with Gasteiger partial charge in [0, 0.05) is 55.7 Å². The molecule has 0 bridgehead atoms. The Labute approximate surface area is 252 Å². The number of halogens is 4. The number of hydrogen-bond donors (Lipinski definition) is 2. The number of methoxy groups -OCH3 is 1. The monoisotopic (exact) mass is 611 g/mol. The van der Waals surface area contributed by atoms with Crippen molar-refractivity contribution in [3.05, 3.63) is 84.0 Å². The lowest BCUT2D eigenvalue weighted by Crippen LogP contribution is -2.28. The van der Waals surface area contributed by atoms with E-state index in [1.54, 1.807) is 31.2 Å². The van der Waals surface area contributed by atoms with E-state index in [4.69, 9.17) is 4.74 Å². The molecule has 1 unspecified atom stereocenters. The summed E-state index contributed by atoms with van der Waals surface area (Å²) in [5, 5.41) is 5.66. The van der Waals surface area contributed by atoms with Gasteiger partial charge in [0.1, 0.15) is 23.8 Å². The first-order valence-corrected chi connectivity index (χ1v) is 14.1. The number of hydrogen-bond acceptors (Lipinski definition) is 8. The van der Waals surface area contributed by atoms with Crippen LogP contribution in [0.3, 0.4) is 0 Å². The predicted molar refractivity (Wildman–Crippen MR) is 161 cm³/mol. The summed E-state index contributed by atoms with van der Waals surface area (Å²) in [4.78, 5) is 26.6. The molecule has 232 valence electrons. The first kappa shape index (κ1) is 30.6. The second-order valence-corrected chi connectivity index (χ2v) is 10.6. The van der Waals surface area contributed by atoms with Crippen molar-refractivity contribution >= 4 is 34.7 Å². The second kappa shape index (κ2) is 12.4. The van der Waals surface area contributed by atoms with E-state index in [2.05, 4.69) is 39.3 Å². The third-order valence-corrected chi connectivity index (χ3v) is 7.56. The second-order valence-electron chi connectivity index (χ2n) is 10.6. The number of benzene rings is 2. The van der Waals surface area contributed by atoms with Crippen LogP contribution in [-0.4, -0.2) is 58.6 Å². The van der Waals surface area contributed by atoms with E-state index in [-0.39, 0.29) is 23.7 Å². The Morgan fingerprint density at radius 2 is 1.89 bits per heavy atom. The highest BCUT2D eigenvalue weighted by molar-refractivity contribution is 6.04. The molecule has 0 aliphatic carbocycles. The van der Waals surface area contributed by atoms with Crippen LogP contribution in [0.25, 0.3) is 0 Å². The van der Waals surface area contributed by atoms with Gasteiger partial charge in [-0.25, -0.2) is 9.37 Å². The first-order valence-electron chi connectivity index (χ1n) is 14.1. The first-order chi connectivity index (χ1) is 21.0. The number of amides is 1. The molecule has 3 aromatic rings. The molecule has 0 radical (unpaired) electrons. The lowest BCUT2D eigenvalue weighted by Gasteiger charge is -2.22. The van der Waals surface area contributed by atoms with Gasteiger partial charge >= 0.3 is 6.18 Å². The number of carbonyl (C=O) groups excluding carboxylic acids is 1. The van der Waals surface area contributed by atoms with E-state index in [0.29, 0.717) is 29.2 Å². The number of alkyl halides is 4. The van der Waals surface area contributed by atoms with Gasteiger partial charge in [0.05, 0.1) is 30.1 Å². The van der Waals surface area contributed by atoms with Gasteiger partial charge in [0.25, 0.3) is 5.91 Å². The number of fused-ring (bicyclic) bond motifs is 1. The van der Waals surface area contributed by atoms with Gasteiger partial charge in [-0.05, 0) is 50.6 Å². The molecular weight excluding hydrogens is 578 g/mol. The number of aromatic nitrogens is 2. The minimum absolute atomic E-state index is 0.120. The minimum Gasteiger partial charge on any atom is -0.494 e. The van der Waals surface area contributed by atoms with Gasteiger partial charge in [-0.2, -0.15) is 18.2 Å². The molecule has 3 heterocycles. The lowest BCUT2D eigenvalue weighted by molar-refractivity contribution is -0.137. The Kier molecular flexibility index (Phi) is 8.66. The molecule has 0 fully saturated rings. The van der Waals surface area contributed by atoms with Crippen molar-refractivity contribution in [2.24, 2.45) is 0 Å². The molecule has 0 spiro atoms. The zero-order valence-corrected chi connectivity index (χ0v) is 24.7. The van der Waals surface area contributed by atoms with Crippen LogP contribution in [0.5, 0.6) is 5.75 Å². The largest absolute Gasteiger partial charge is 0.494 e. The fraction of sp³-hybridized carbons (Fsp3) is 0.323. The highest BCUT2D eigenvalue weighted by Crippen LogP contribution is 2.41. The number of nitrogens with zero attached hydrogens (tertiary/aromatic N) is 5. The van der Waals surface area contributed by atoms with Crippen molar-refractivity contribution in [2.45, 2.75) is 39.0 Å². The molecular formula is C31H33F4N7O2. The number of anilines is 5. The number of rotatable bonds is 9. The third kappa shape index (κ3) is 6.12. The Bertz CT molecular complexity index is 1590. The van der Waals surface area contributed by atoms with E-state index >= 15 is 0 Å². The Hall–Kier alpha value is -4.81. The summed E-state index contributed by atoms with van der Waals surface area (Å²) < 4.78 is 60.8. The lowest BCUT2D eigenvalue weighted by atomic mass is 10.0. The summed E-state index contributed by atoms with van der Waals surface area (Å²) >= 11 is 0. The molecule has 0 saturated heterocycles. The molecule has 2 N–H and O–H groups in total. The van der Waals surface area contributed by atoms with Crippen LogP contribution in [0.4, 0.5) is 46.4 Å². The zero-order chi connectivity index (χ0) is 31.6. The molecule has 1 atom stereocenters. The van der Waals surface area contributed by atoms with E-state index < -0.39 is 36.2 Å². The molecule has 13 heteroatoms. The average Bonchev–Trinajstić information content (AvgIpc) is 3.13. The van der Waals surface area contributed by atoms with Crippen molar-refractivity contribution in [3.63, 3.8) is 0 Å². The van der Waals surface area contributed by atoms with Crippen molar-refractivity contribution in [1.29, 1.82) is 0 Å². The minimum atomic E-state index is -4.78. The number of carbonyl (C=O) groups is 1. The fourth-order valence-electron chi connectivity index (χ4n) is 5.18. The maximum Gasteiger partial charge on any atom is 0.421 e. The van der Waals surface area contributed by atoms with Crippen LogP contribution in [0, 0.1) is 0 Å². The number of nitrogens with one attached hydrogen (secondary N) is 2. The summed E-state index contributed by atoms with van der Waals surface area (Å²) in [5.41, 5.74) is 1.02. The molecule has 5 rings (SSSR count). The summed E-state index contributed by atoms with van der Waals surface area (Å²) in [6.07, 6.45) is 3.82. The van der Waals surface area contributed by atoms with Gasteiger partial charge in [0.15, 0.2) is 0 Å². The predicted octanol–water partition coefficient (Wildman–Crippen LogP) is 6.99. The van der Waals surface area contributed by atoms with Crippen molar-refractivity contribution in [1.82, 2.24) is 19.8 Å². The molecule has 2 aliphatic rings. The van der Waals surface area contributed by atoms with E-state index in [1.165, 1.54) is 18.1 Å². The molecule has 44 heavy (non-hydrogen) atoms. The maximum atomic E-state index is 14.0. The fourth-order valence-corrected chi connectivity index (χ4v) is 5.18. The molecule has 1 aromatic heterocycles. The third-order valence-electron chi connectivity index (χ3n) is 7.56. The Morgan fingerprint density at radius 3 is 2.59 bits per heavy atom. The van der Waals surface area contributed by atoms with Gasteiger partial charge in [-0.15, -0.1) is 0 Å². The standard InChI is InChI=1S/C31H33F4N7O2/c1-19(2)40-12-6-13-41(16-15-40)21-9-10-24(26(17-21)44-4)38-30-36-18-23(31(33,34)35)28(39-30)37-25-8-5-7-22-20(3)42(14-11-32)29(43)27(22)25/h5-10,13,15-20H,11-12,14H2,1-4H3,(H2,36,37,38,39). The van der Waals surface area contributed by atoms with Crippen LogP contribution >= 0.6 is 0 Å². The van der Waals surface area contributed by atoms with Crippen molar-refractivity contribution in [2.75, 3.05) is 42.4 Å². The van der Waals surface area contributed by atoms with Crippen LogP contribution in [0.15, 0.2) is 67.3 Å². The smallest absolute Gasteiger partial charge is 0.421 e. The summed E-state index contributed by atoms with van der Waals surface area (Å²) in [5.74, 6) is -0.719. The molecule has 2 aliphatic heterocycles.